The molecule has 1 aliphatic rings. The number of rotatable bonds is 2. The van der Waals surface area contributed by atoms with Gasteiger partial charge >= 0.3 is 65.0 Å². The second-order valence-corrected chi connectivity index (χ2v) is 6.65. The van der Waals surface area contributed by atoms with Crippen LogP contribution in [0.15, 0.2) is 0 Å². The van der Waals surface area contributed by atoms with Gasteiger partial charge in [-0.2, -0.15) is 0 Å². The van der Waals surface area contributed by atoms with Gasteiger partial charge in [0, 0.05) is 0 Å². The van der Waals surface area contributed by atoms with Gasteiger partial charge in [0.1, 0.15) is 0 Å². The van der Waals surface area contributed by atoms with Crippen LogP contribution in [-0.4, -0.2) is 19.7 Å². The molecule has 54 valence electrons. The molecule has 0 aromatic carbocycles. The third-order valence-electron chi connectivity index (χ3n) is 1.95. The molecule has 1 atom stereocenters. The first kappa shape index (κ1) is 7.82. The van der Waals surface area contributed by atoms with Crippen LogP contribution in [0.25, 0.3) is 0 Å². The van der Waals surface area contributed by atoms with Gasteiger partial charge < -0.3 is 0 Å². The Labute approximate surface area is 65.5 Å². The van der Waals surface area contributed by atoms with Crippen molar-refractivity contribution in [3.05, 3.63) is 0 Å². The molecular formula is C7H10AsNO. The summed E-state index contributed by atoms with van der Waals surface area (Å²) in [5.74, 6) is 0. The summed E-state index contributed by atoms with van der Waals surface area (Å²) in [6.07, 6.45) is 4.72. The minimum atomic E-state index is -1.68. The first-order chi connectivity index (χ1) is 4.88. The fourth-order valence-electron chi connectivity index (χ4n) is 1.37. The molecule has 10 heavy (non-hydrogen) atoms. The SMILES string of the molecule is N#C[As](C=O)C1CCCC1. The summed E-state index contributed by atoms with van der Waals surface area (Å²) in [7, 11) is 0. The fraction of sp³-hybridized carbons (Fsp3) is 0.714. The van der Waals surface area contributed by atoms with Crippen molar-refractivity contribution in [3.8, 4) is 4.86 Å². The summed E-state index contributed by atoms with van der Waals surface area (Å²) >= 11 is -1.68. The van der Waals surface area contributed by atoms with Gasteiger partial charge in [-0.05, 0) is 0 Å². The normalized spacial score (nSPS) is 21.9. The van der Waals surface area contributed by atoms with Gasteiger partial charge in [0.2, 0.25) is 0 Å². The summed E-state index contributed by atoms with van der Waals surface area (Å²) in [5.41, 5.74) is 0. The third-order valence-corrected chi connectivity index (χ3v) is 5.64. The Morgan fingerprint density at radius 3 is 2.50 bits per heavy atom. The first-order valence-corrected chi connectivity index (χ1v) is 6.62. The van der Waals surface area contributed by atoms with E-state index in [9.17, 15) is 4.79 Å². The average molecular weight is 199 g/mol. The molecule has 0 radical (unpaired) electrons. The van der Waals surface area contributed by atoms with Crippen molar-refractivity contribution in [3.63, 3.8) is 0 Å². The van der Waals surface area contributed by atoms with E-state index in [0.29, 0.717) is 4.71 Å². The molecule has 0 spiro atoms. The second-order valence-electron chi connectivity index (χ2n) is 2.55. The summed E-state index contributed by atoms with van der Waals surface area (Å²) in [6.45, 7) is 0. The van der Waals surface area contributed by atoms with Crippen LogP contribution in [0.1, 0.15) is 25.7 Å². The van der Waals surface area contributed by atoms with Gasteiger partial charge in [0.15, 0.2) is 0 Å². The zero-order chi connectivity index (χ0) is 7.40. The number of nitrogens with zero attached hydrogens (tertiary/aromatic N) is 1. The monoisotopic (exact) mass is 199 g/mol. The molecule has 1 aliphatic carbocycles. The van der Waals surface area contributed by atoms with E-state index in [1.165, 1.54) is 12.8 Å². The molecule has 1 saturated carbocycles. The molecule has 0 bridgehead atoms. The van der Waals surface area contributed by atoms with Crippen molar-refractivity contribution in [1.82, 2.24) is 0 Å². The van der Waals surface area contributed by atoms with Gasteiger partial charge in [0.25, 0.3) is 0 Å². The van der Waals surface area contributed by atoms with Crippen molar-refractivity contribution in [2.24, 2.45) is 0 Å². The predicted octanol–water partition coefficient (Wildman–Crippen LogP) is 1.26. The maximum absolute atomic E-state index is 10.4. The number of hydrogen-bond donors (Lipinski definition) is 0. The molecule has 1 unspecified atom stereocenters. The van der Waals surface area contributed by atoms with E-state index in [1.54, 1.807) is 0 Å². The first-order valence-electron chi connectivity index (χ1n) is 3.52. The molecule has 3 heteroatoms. The quantitative estimate of drug-likeness (QED) is 0.496. The Morgan fingerprint density at radius 1 is 1.50 bits per heavy atom. The standard InChI is InChI=1S/C7H10AsNO/c9-5-8(6-10)7-3-1-2-4-7/h6-7H,1-4H2. The van der Waals surface area contributed by atoms with Crippen LogP contribution >= 0.6 is 0 Å². The van der Waals surface area contributed by atoms with Crippen LogP contribution in [-0.2, 0) is 4.79 Å². The average Bonchev–Trinajstić information content (AvgIpc) is 2.43. The van der Waals surface area contributed by atoms with Crippen LogP contribution < -0.4 is 0 Å². The molecule has 0 aromatic heterocycles. The van der Waals surface area contributed by atoms with E-state index in [4.69, 9.17) is 5.26 Å². The van der Waals surface area contributed by atoms with Gasteiger partial charge in [-0.1, -0.05) is 0 Å². The zero-order valence-electron chi connectivity index (χ0n) is 5.79. The number of carbonyl (C=O) groups excluding carboxylic acids is 1. The number of nitriles is 1. The molecule has 0 N–H and O–H groups in total. The van der Waals surface area contributed by atoms with Gasteiger partial charge in [-0.15, -0.1) is 0 Å². The summed E-state index contributed by atoms with van der Waals surface area (Å²) in [4.78, 5) is 12.5. The molecule has 0 heterocycles. The summed E-state index contributed by atoms with van der Waals surface area (Å²) in [5, 5.41) is 9.50. The van der Waals surface area contributed by atoms with E-state index in [-0.39, 0.29) is 0 Å². The Bertz CT molecular complexity index is 157. The minimum absolute atomic E-state index is 0.509. The molecular weight excluding hydrogens is 189 g/mol. The van der Waals surface area contributed by atoms with Crippen LogP contribution in [0.5, 0.6) is 0 Å². The van der Waals surface area contributed by atoms with E-state index in [1.807, 2.05) is 0 Å². The van der Waals surface area contributed by atoms with E-state index < -0.39 is 14.7 Å². The van der Waals surface area contributed by atoms with Crippen molar-refractivity contribution in [2.75, 3.05) is 0 Å². The molecule has 0 saturated heterocycles. The molecule has 0 aliphatic heterocycles. The molecule has 0 amide bonds. The molecule has 1 fully saturated rings. The van der Waals surface area contributed by atoms with E-state index in [0.717, 1.165) is 17.9 Å². The summed E-state index contributed by atoms with van der Waals surface area (Å²) in [6, 6.07) is 0. The number of carbonyl (C=O) groups is 1. The molecule has 1 rings (SSSR count). The number of hydrogen-bond acceptors (Lipinski definition) is 2. The summed E-state index contributed by atoms with van der Waals surface area (Å²) < 4.78 is 0.509. The Hall–Kier alpha value is -0.282. The third kappa shape index (κ3) is 1.61. The van der Waals surface area contributed by atoms with Crippen molar-refractivity contribution < 1.29 is 4.79 Å². The Morgan fingerprint density at radius 2 is 2.10 bits per heavy atom. The van der Waals surface area contributed by atoms with E-state index in [2.05, 4.69) is 4.86 Å². The second kappa shape index (κ2) is 3.78. The van der Waals surface area contributed by atoms with Crippen molar-refractivity contribution in [1.29, 1.82) is 5.26 Å². The maximum atomic E-state index is 10.4. The van der Waals surface area contributed by atoms with Gasteiger partial charge in [0.05, 0.1) is 0 Å². The van der Waals surface area contributed by atoms with Gasteiger partial charge in [-0.3, -0.25) is 0 Å². The van der Waals surface area contributed by atoms with Crippen LogP contribution in [0.4, 0.5) is 0 Å². The van der Waals surface area contributed by atoms with Crippen LogP contribution in [0.3, 0.4) is 0 Å². The van der Waals surface area contributed by atoms with E-state index >= 15 is 0 Å². The predicted molar refractivity (Wildman–Crippen MR) is 40.3 cm³/mol. The zero-order valence-corrected chi connectivity index (χ0v) is 7.66. The topological polar surface area (TPSA) is 40.9 Å². The van der Waals surface area contributed by atoms with Crippen LogP contribution in [0.2, 0.25) is 4.71 Å². The van der Waals surface area contributed by atoms with Crippen molar-refractivity contribution >= 4 is 19.7 Å². The van der Waals surface area contributed by atoms with Crippen LogP contribution in [0, 0.1) is 10.1 Å². The molecule has 2 nitrogen and oxygen atoms in total. The van der Waals surface area contributed by atoms with Crippen molar-refractivity contribution in [2.45, 2.75) is 30.4 Å². The fourth-order valence-corrected chi connectivity index (χ4v) is 4.11. The Kier molecular flexibility index (Phi) is 2.96. The molecule has 0 aromatic rings. The van der Waals surface area contributed by atoms with Gasteiger partial charge in [-0.25, -0.2) is 0 Å². The Balaban J connectivity index is 2.46.